The molecule has 516 valence electrons. The van der Waals surface area contributed by atoms with E-state index in [9.17, 15) is 0 Å². The molecule has 24 rings (SSSR count). The van der Waals surface area contributed by atoms with Crippen molar-refractivity contribution in [2.75, 3.05) is 0 Å². The average Bonchev–Trinajstić information content (AvgIpc) is 1.50. The molecular formula is C110H76. The highest BCUT2D eigenvalue weighted by Crippen LogP contribution is 2.65. The van der Waals surface area contributed by atoms with Gasteiger partial charge in [-0.25, -0.2) is 0 Å². The molecule has 0 aromatic heterocycles. The zero-order valence-electron chi connectivity index (χ0n) is 62.5. The number of rotatable bonds is 4. The van der Waals surface area contributed by atoms with Gasteiger partial charge in [0, 0.05) is 16.2 Å². The van der Waals surface area contributed by atoms with E-state index in [0.717, 1.165) is 0 Å². The van der Waals surface area contributed by atoms with Crippen LogP contribution in [-0.4, -0.2) is 0 Å². The first-order chi connectivity index (χ1) is 53.9. The van der Waals surface area contributed by atoms with E-state index in [4.69, 9.17) is 0 Å². The molecule has 0 fully saturated rings. The summed E-state index contributed by atoms with van der Waals surface area (Å²) in [4.78, 5) is 0. The molecule has 19 aromatic carbocycles. The third-order valence-electron chi connectivity index (χ3n) is 26.7. The van der Waals surface area contributed by atoms with Crippen LogP contribution in [0, 0.1) is 0 Å². The van der Waals surface area contributed by atoms with Gasteiger partial charge in [-0.2, -0.15) is 0 Å². The van der Waals surface area contributed by atoms with Gasteiger partial charge in [-0.3, -0.25) is 0 Å². The molecule has 0 radical (unpaired) electrons. The summed E-state index contributed by atoms with van der Waals surface area (Å²) >= 11 is 0. The fourth-order valence-corrected chi connectivity index (χ4v) is 22.0. The van der Waals surface area contributed by atoms with Crippen LogP contribution in [0.15, 0.2) is 352 Å². The number of benzene rings is 19. The Hall–Kier alpha value is -13.0. The second-order valence-electron chi connectivity index (χ2n) is 33.1. The molecule has 110 heavy (non-hydrogen) atoms. The summed E-state index contributed by atoms with van der Waals surface area (Å²) in [6.07, 6.45) is 0. The average molecular weight is 1400 g/mol. The van der Waals surface area contributed by atoms with Gasteiger partial charge in [-0.1, -0.05) is 369 Å². The Balaban J connectivity index is 0.000000133. The first kappa shape index (κ1) is 63.1. The van der Waals surface area contributed by atoms with E-state index >= 15 is 0 Å². The predicted octanol–water partition coefficient (Wildman–Crippen LogP) is 29.4. The molecule has 0 aliphatic heterocycles. The number of hydrogen-bond donors (Lipinski definition) is 0. The third kappa shape index (κ3) is 8.35. The standard InChI is InChI=1S/C58H38.C52H38/c1-57(2)49-32-29-36(33-48(49)47-31-27-35-15-3-4-16-38(35)56(47)57)54-43-20-5-7-22-45(43)55(46-23-8-6-21-44(46)54)37-28-30-42-41-19-11-14-26-52(41)58(53(42)34-37)50-24-12-9-17-39(50)40-18-10-13-25-51(40)58;1-51(2)44-24-14-13-23-41(44)49-35-18-8-7-17-34(35)43(30-46(49)51)48-38-21-11-9-19-36(38)47(37-20-10-12-22-39(37)48)32-26-28-45-42(29-32)40-27-25-31-15-5-6-16-33(31)50(40)52(45,3)4/h3-34H,1-2H3;5-30H,1-4H3. The number of fused-ring (bicyclic) bond motifs is 29. The Morgan fingerprint density at radius 1 is 0.155 bits per heavy atom. The molecule has 0 heteroatoms. The lowest BCUT2D eigenvalue weighted by atomic mass is 9.70. The van der Waals surface area contributed by atoms with E-state index in [0.29, 0.717) is 0 Å². The van der Waals surface area contributed by atoms with Crippen molar-refractivity contribution in [3.8, 4) is 100 Å². The molecule has 0 bridgehead atoms. The molecule has 0 saturated heterocycles. The minimum Gasteiger partial charge on any atom is -0.0619 e. The third-order valence-corrected chi connectivity index (χ3v) is 26.7. The Bertz CT molecular complexity index is 7130. The van der Waals surface area contributed by atoms with Crippen molar-refractivity contribution in [1.29, 1.82) is 0 Å². The van der Waals surface area contributed by atoms with Crippen LogP contribution < -0.4 is 0 Å². The first-order valence-corrected chi connectivity index (χ1v) is 39.2. The van der Waals surface area contributed by atoms with Gasteiger partial charge >= 0.3 is 0 Å². The Kier molecular flexibility index (Phi) is 13.1. The largest absolute Gasteiger partial charge is 0.0725 e. The molecule has 0 heterocycles. The smallest absolute Gasteiger partial charge is 0.0619 e. The summed E-state index contributed by atoms with van der Waals surface area (Å²) in [5, 5.41) is 18.2. The van der Waals surface area contributed by atoms with Crippen molar-refractivity contribution < 1.29 is 0 Å². The summed E-state index contributed by atoms with van der Waals surface area (Å²) in [7, 11) is 0. The van der Waals surface area contributed by atoms with E-state index in [1.165, 1.54) is 231 Å². The molecular weight excluding hydrogens is 1320 g/mol. The Labute approximate surface area is 641 Å². The highest BCUT2D eigenvalue weighted by Gasteiger charge is 2.52. The van der Waals surface area contributed by atoms with E-state index in [1.54, 1.807) is 0 Å². The quantitative estimate of drug-likeness (QED) is 0.154. The van der Waals surface area contributed by atoms with Gasteiger partial charge < -0.3 is 0 Å². The van der Waals surface area contributed by atoms with Crippen molar-refractivity contribution in [3.05, 3.63) is 407 Å². The first-order valence-electron chi connectivity index (χ1n) is 39.2. The second kappa shape index (κ2) is 22.8. The van der Waals surface area contributed by atoms with E-state index in [-0.39, 0.29) is 21.7 Å². The molecule has 0 N–H and O–H groups in total. The highest BCUT2D eigenvalue weighted by atomic mass is 14.5. The van der Waals surface area contributed by atoms with Crippen LogP contribution in [0.5, 0.6) is 0 Å². The molecule has 5 aliphatic rings. The normalized spacial score (nSPS) is 14.7. The van der Waals surface area contributed by atoms with Crippen molar-refractivity contribution in [3.63, 3.8) is 0 Å². The van der Waals surface area contributed by atoms with Crippen LogP contribution >= 0.6 is 0 Å². The maximum Gasteiger partial charge on any atom is 0.0725 e. The maximum atomic E-state index is 2.54. The Morgan fingerprint density at radius 3 is 0.882 bits per heavy atom. The summed E-state index contributed by atoms with van der Waals surface area (Å²) in [5.41, 5.74) is 37.1. The molecule has 1 spiro atoms. The minimum atomic E-state index is -0.388. The van der Waals surface area contributed by atoms with Crippen LogP contribution in [0.1, 0.15) is 97.2 Å². The predicted molar refractivity (Wildman–Crippen MR) is 466 cm³/mol. The lowest BCUT2D eigenvalue weighted by Crippen LogP contribution is -2.25. The monoisotopic (exact) mass is 1400 g/mol. The van der Waals surface area contributed by atoms with Gasteiger partial charge in [0.15, 0.2) is 0 Å². The van der Waals surface area contributed by atoms with Gasteiger partial charge in [0.05, 0.1) is 5.41 Å². The zero-order valence-corrected chi connectivity index (χ0v) is 62.5. The van der Waals surface area contributed by atoms with Crippen LogP contribution in [0.3, 0.4) is 0 Å². The van der Waals surface area contributed by atoms with Crippen LogP contribution in [0.4, 0.5) is 0 Å². The highest BCUT2D eigenvalue weighted by molar-refractivity contribution is 6.26. The molecule has 0 atom stereocenters. The number of hydrogen-bond acceptors (Lipinski definition) is 0. The van der Waals surface area contributed by atoms with Crippen molar-refractivity contribution >= 4 is 75.4 Å². The topological polar surface area (TPSA) is 0 Å². The zero-order chi connectivity index (χ0) is 73.3. The lowest BCUT2D eigenvalue weighted by Gasteiger charge is -2.31. The summed E-state index contributed by atoms with van der Waals surface area (Å²) in [6, 6.07) is 133. The SMILES string of the molecule is CC1(C)c2ccc(-c3c4ccccc4c(-c4ccc5c(c4)C4(c6ccccc6-c6ccccc64)c4ccccc4-5)c4ccccc34)cc2-c2ccc3ccccc3c21.CC1(C)c2ccccc2-c2c1cc(-c1c3ccccc3c(-c3ccc4c(c3)-c3ccc5ccccc5c3C4(C)C)c3ccccc13)c1ccccc21. The molecule has 0 amide bonds. The van der Waals surface area contributed by atoms with E-state index in [1.807, 2.05) is 0 Å². The second-order valence-corrected chi connectivity index (χ2v) is 33.1. The van der Waals surface area contributed by atoms with Crippen LogP contribution in [0.25, 0.3) is 176 Å². The van der Waals surface area contributed by atoms with Gasteiger partial charge in [0.2, 0.25) is 0 Å². The van der Waals surface area contributed by atoms with Crippen molar-refractivity contribution in [1.82, 2.24) is 0 Å². The fraction of sp³-hybridized carbons (Fsp3) is 0.0909. The summed E-state index contributed by atoms with van der Waals surface area (Å²) in [5.74, 6) is 0. The van der Waals surface area contributed by atoms with E-state index < -0.39 is 0 Å². The van der Waals surface area contributed by atoms with Gasteiger partial charge in [-0.05, 0) is 255 Å². The maximum absolute atomic E-state index is 2.54. The van der Waals surface area contributed by atoms with Gasteiger partial charge in [-0.15, -0.1) is 0 Å². The molecule has 5 aliphatic carbocycles. The van der Waals surface area contributed by atoms with Gasteiger partial charge in [0.1, 0.15) is 0 Å². The molecule has 0 nitrogen and oxygen atoms in total. The summed E-state index contributed by atoms with van der Waals surface area (Å²) < 4.78 is 0. The van der Waals surface area contributed by atoms with Crippen LogP contribution in [0.2, 0.25) is 0 Å². The fourth-order valence-electron chi connectivity index (χ4n) is 22.0. The molecule has 19 aromatic rings. The van der Waals surface area contributed by atoms with Crippen molar-refractivity contribution in [2.24, 2.45) is 0 Å². The summed E-state index contributed by atoms with van der Waals surface area (Å²) in [6.45, 7) is 14.4. The van der Waals surface area contributed by atoms with Crippen LogP contribution in [-0.2, 0) is 21.7 Å². The molecule has 0 unspecified atom stereocenters. The Morgan fingerprint density at radius 2 is 0.455 bits per heavy atom. The van der Waals surface area contributed by atoms with Gasteiger partial charge in [0.25, 0.3) is 0 Å². The molecule has 0 saturated carbocycles. The van der Waals surface area contributed by atoms with E-state index in [2.05, 4.69) is 393 Å². The lowest BCUT2D eigenvalue weighted by molar-refractivity contribution is 0.661. The van der Waals surface area contributed by atoms with Crippen molar-refractivity contribution in [2.45, 2.75) is 63.2 Å². The minimum absolute atomic E-state index is 0.0832.